The number of ketones is 2. The Labute approximate surface area is 135 Å². The monoisotopic (exact) mass is 306 g/mol. The van der Waals surface area contributed by atoms with Gasteiger partial charge in [0.1, 0.15) is 5.41 Å². The van der Waals surface area contributed by atoms with E-state index in [-0.39, 0.29) is 23.4 Å². The fourth-order valence-corrected chi connectivity index (χ4v) is 4.56. The lowest BCUT2D eigenvalue weighted by molar-refractivity contribution is -0.116. The highest BCUT2D eigenvalue weighted by Crippen LogP contribution is 2.59. The molecule has 4 heteroatoms. The fourth-order valence-electron chi connectivity index (χ4n) is 4.56. The summed E-state index contributed by atoms with van der Waals surface area (Å²) in [6.07, 6.45) is 4.28. The molecular weight excluding hydrogens is 288 g/mol. The number of Topliss-reactive ketones (excluding diaryl/α,β-unsaturated/α-hetero) is 1. The van der Waals surface area contributed by atoms with Crippen molar-refractivity contribution >= 4 is 11.6 Å². The molecule has 0 aromatic heterocycles. The van der Waals surface area contributed by atoms with Crippen molar-refractivity contribution in [3.63, 3.8) is 0 Å². The number of nitrogens with zero attached hydrogens (tertiary/aromatic N) is 2. The molecule has 0 saturated heterocycles. The van der Waals surface area contributed by atoms with Crippen LogP contribution >= 0.6 is 0 Å². The molecule has 0 aliphatic heterocycles. The molecule has 116 valence electrons. The van der Waals surface area contributed by atoms with E-state index >= 15 is 0 Å². The highest BCUT2D eigenvalue weighted by Gasteiger charge is 2.56. The zero-order chi connectivity index (χ0) is 16.9. The molecular formula is C19H18N2O2. The summed E-state index contributed by atoms with van der Waals surface area (Å²) >= 11 is 0. The van der Waals surface area contributed by atoms with Gasteiger partial charge in [0.15, 0.2) is 11.6 Å². The number of hydrogen-bond donors (Lipinski definition) is 0. The van der Waals surface area contributed by atoms with Crippen LogP contribution in [-0.2, 0) is 9.59 Å². The van der Waals surface area contributed by atoms with E-state index < -0.39 is 11.3 Å². The molecule has 0 amide bonds. The number of rotatable bonds is 0. The first kappa shape index (κ1) is 15.4. The Balaban J connectivity index is 2.33. The maximum atomic E-state index is 12.6. The SMILES string of the molecule is CC1=C(C)C2(C#N)C(=C(C)C1=O)C1C=CC(=O)CC1CC2C#N. The highest BCUT2D eigenvalue weighted by molar-refractivity contribution is 6.10. The summed E-state index contributed by atoms with van der Waals surface area (Å²) in [7, 11) is 0. The van der Waals surface area contributed by atoms with Gasteiger partial charge in [-0.1, -0.05) is 6.08 Å². The van der Waals surface area contributed by atoms with Crippen LogP contribution in [0.1, 0.15) is 33.6 Å². The van der Waals surface area contributed by atoms with E-state index in [2.05, 4.69) is 12.1 Å². The molecule has 4 unspecified atom stereocenters. The molecule has 0 aromatic rings. The highest BCUT2D eigenvalue weighted by atomic mass is 16.1. The van der Waals surface area contributed by atoms with Crippen LogP contribution in [0.15, 0.2) is 34.4 Å². The summed E-state index contributed by atoms with van der Waals surface area (Å²) in [5.41, 5.74) is 1.55. The molecule has 0 bridgehead atoms. The van der Waals surface area contributed by atoms with Crippen LogP contribution in [0.25, 0.3) is 0 Å². The summed E-state index contributed by atoms with van der Waals surface area (Å²) < 4.78 is 0. The number of allylic oxidation sites excluding steroid dienone is 6. The van der Waals surface area contributed by atoms with Crippen molar-refractivity contribution in [2.24, 2.45) is 23.2 Å². The summed E-state index contributed by atoms with van der Waals surface area (Å²) in [4.78, 5) is 24.3. The topological polar surface area (TPSA) is 81.7 Å². The molecule has 0 N–H and O–H groups in total. The average molecular weight is 306 g/mol. The van der Waals surface area contributed by atoms with Gasteiger partial charge in [-0.2, -0.15) is 10.5 Å². The van der Waals surface area contributed by atoms with Crippen LogP contribution in [0.5, 0.6) is 0 Å². The van der Waals surface area contributed by atoms with E-state index in [1.807, 2.05) is 6.08 Å². The van der Waals surface area contributed by atoms with Gasteiger partial charge in [0.2, 0.25) is 0 Å². The maximum absolute atomic E-state index is 12.6. The summed E-state index contributed by atoms with van der Waals surface area (Å²) in [5, 5.41) is 19.7. The lowest BCUT2D eigenvalue weighted by Crippen LogP contribution is -2.47. The van der Waals surface area contributed by atoms with Crippen molar-refractivity contribution in [1.29, 1.82) is 10.5 Å². The van der Waals surface area contributed by atoms with Crippen molar-refractivity contribution in [2.75, 3.05) is 0 Å². The zero-order valence-corrected chi connectivity index (χ0v) is 13.5. The fraction of sp³-hybridized carbons (Fsp3) is 0.474. The van der Waals surface area contributed by atoms with Crippen LogP contribution in [0.4, 0.5) is 0 Å². The van der Waals surface area contributed by atoms with Gasteiger partial charge in [-0.25, -0.2) is 0 Å². The van der Waals surface area contributed by atoms with Crippen LogP contribution in [0, 0.1) is 45.8 Å². The zero-order valence-electron chi connectivity index (χ0n) is 13.5. The summed E-state index contributed by atoms with van der Waals surface area (Å²) in [6, 6.07) is 4.68. The third kappa shape index (κ3) is 1.82. The first-order chi connectivity index (χ1) is 10.9. The minimum absolute atomic E-state index is 0.00239. The van der Waals surface area contributed by atoms with Gasteiger partial charge < -0.3 is 0 Å². The minimum Gasteiger partial charge on any atom is -0.295 e. The molecule has 3 rings (SSSR count). The molecule has 0 spiro atoms. The molecule has 1 fully saturated rings. The summed E-state index contributed by atoms with van der Waals surface area (Å²) in [6.45, 7) is 5.28. The van der Waals surface area contributed by atoms with E-state index in [1.54, 1.807) is 26.8 Å². The van der Waals surface area contributed by atoms with Crippen molar-refractivity contribution in [2.45, 2.75) is 33.6 Å². The van der Waals surface area contributed by atoms with Gasteiger partial charge in [0, 0.05) is 12.3 Å². The average Bonchev–Trinajstić information content (AvgIpc) is 2.56. The molecule has 4 nitrogen and oxygen atoms in total. The van der Waals surface area contributed by atoms with Crippen molar-refractivity contribution in [3.05, 3.63) is 34.4 Å². The van der Waals surface area contributed by atoms with Crippen LogP contribution < -0.4 is 0 Å². The van der Waals surface area contributed by atoms with Gasteiger partial charge in [-0.3, -0.25) is 9.59 Å². The van der Waals surface area contributed by atoms with E-state index in [0.717, 1.165) is 5.57 Å². The quantitative estimate of drug-likeness (QED) is 0.688. The minimum atomic E-state index is -1.04. The predicted octanol–water partition coefficient (Wildman–Crippen LogP) is 3.04. The largest absolute Gasteiger partial charge is 0.295 e. The smallest absolute Gasteiger partial charge is 0.184 e. The summed E-state index contributed by atoms with van der Waals surface area (Å²) in [5.74, 6) is -0.630. The Hall–Kier alpha value is -2.46. The molecule has 0 aromatic carbocycles. The van der Waals surface area contributed by atoms with E-state index in [1.165, 1.54) is 0 Å². The van der Waals surface area contributed by atoms with Crippen LogP contribution in [0.2, 0.25) is 0 Å². The number of fused-ring (bicyclic) bond motifs is 3. The molecule has 23 heavy (non-hydrogen) atoms. The third-order valence-corrected chi connectivity index (χ3v) is 5.85. The van der Waals surface area contributed by atoms with Gasteiger partial charge in [0.05, 0.1) is 18.1 Å². The molecule has 3 aliphatic rings. The molecule has 1 saturated carbocycles. The van der Waals surface area contributed by atoms with E-state index in [0.29, 0.717) is 29.6 Å². The second-order valence-corrected chi connectivity index (χ2v) is 6.77. The Morgan fingerprint density at radius 2 is 1.87 bits per heavy atom. The third-order valence-electron chi connectivity index (χ3n) is 5.85. The van der Waals surface area contributed by atoms with E-state index in [4.69, 9.17) is 0 Å². The Morgan fingerprint density at radius 3 is 2.48 bits per heavy atom. The van der Waals surface area contributed by atoms with Gasteiger partial charge in [0.25, 0.3) is 0 Å². The lowest BCUT2D eigenvalue weighted by atomic mass is 9.50. The Morgan fingerprint density at radius 1 is 1.17 bits per heavy atom. The van der Waals surface area contributed by atoms with Crippen molar-refractivity contribution in [1.82, 2.24) is 0 Å². The Bertz CT molecular complexity index is 800. The first-order valence-electron chi connectivity index (χ1n) is 7.84. The van der Waals surface area contributed by atoms with Crippen molar-refractivity contribution < 1.29 is 9.59 Å². The number of carbonyl (C=O) groups is 2. The second-order valence-electron chi connectivity index (χ2n) is 6.77. The second kappa shape index (κ2) is 5.03. The Kier molecular flexibility index (Phi) is 3.38. The lowest BCUT2D eigenvalue weighted by Gasteiger charge is -2.49. The normalized spacial score (nSPS) is 36.3. The van der Waals surface area contributed by atoms with Gasteiger partial charge in [-0.15, -0.1) is 0 Å². The van der Waals surface area contributed by atoms with Gasteiger partial charge >= 0.3 is 0 Å². The first-order valence-corrected chi connectivity index (χ1v) is 7.84. The number of carbonyl (C=O) groups excluding carboxylic acids is 2. The van der Waals surface area contributed by atoms with E-state index in [9.17, 15) is 20.1 Å². The molecule has 0 heterocycles. The van der Waals surface area contributed by atoms with Crippen LogP contribution in [-0.4, -0.2) is 11.6 Å². The van der Waals surface area contributed by atoms with Gasteiger partial charge in [-0.05, 0) is 61.5 Å². The standard InChI is InChI=1S/C19H18N2O2/c1-10-12(3)19(9-21)14(8-20)6-13-7-15(22)4-5-16(13)17(19)11(2)18(10)23/h4-5,13-14,16H,6-7H2,1-3H3. The molecule has 3 aliphatic carbocycles. The van der Waals surface area contributed by atoms with Crippen LogP contribution in [0.3, 0.4) is 0 Å². The maximum Gasteiger partial charge on any atom is 0.184 e. The predicted molar refractivity (Wildman–Crippen MR) is 83.6 cm³/mol. The molecule has 4 atom stereocenters. The molecule has 0 radical (unpaired) electrons. The number of nitriles is 2. The van der Waals surface area contributed by atoms with Crippen molar-refractivity contribution in [3.8, 4) is 12.1 Å². The number of hydrogen-bond acceptors (Lipinski definition) is 4.